The first kappa shape index (κ1) is 24.4. The third kappa shape index (κ3) is 4.02. The second kappa shape index (κ2) is 9.11. The molecule has 1 aromatic heterocycles. The molecule has 1 aliphatic carbocycles. The Balaban J connectivity index is 1.36. The van der Waals surface area contributed by atoms with Crippen LogP contribution in [0.4, 0.5) is 5.69 Å². The molecule has 2 aromatic rings. The molecule has 1 aromatic carbocycles. The number of anilines is 1. The van der Waals surface area contributed by atoms with E-state index in [9.17, 15) is 18.0 Å². The highest BCUT2D eigenvalue weighted by Gasteiger charge is 2.38. The maximum absolute atomic E-state index is 13.9. The van der Waals surface area contributed by atoms with E-state index in [2.05, 4.69) is 24.8 Å². The molecule has 196 valence electrons. The summed E-state index contributed by atoms with van der Waals surface area (Å²) in [6.45, 7) is 5.90. The smallest absolute Gasteiger partial charge is 0.256 e. The van der Waals surface area contributed by atoms with Crippen molar-refractivity contribution < 1.29 is 18.0 Å². The normalized spacial score (nSPS) is 23.6. The van der Waals surface area contributed by atoms with Gasteiger partial charge in [-0.25, -0.2) is 13.1 Å². The number of aryl methyl sites for hydroxylation is 1. The standard InChI is InChI=1S/C27H33N5O4S/c1-16-23(27(34)32-13-5-6-17(32)15-31-11-3-4-12-31)19-8-9-20(25(19)29-16)24-21-14-18(37(35,36)28-2)7-10-22(21)30-26(24)33/h7,10,14,17,28-29H,3-6,8-9,11-13,15H2,1-2H3,(H,30,33)/b24-20-/t17-/m0/s1. The molecule has 4 aliphatic rings. The van der Waals surface area contributed by atoms with E-state index < -0.39 is 10.0 Å². The number of H-pyrrole nitrogens is 1. The van der Waals surface area contributed by atoms with Crippen LogP contribution in [0.1, 0.15) is 65.0 Å². The molecule has 0 radical (unpaired) electrons. The van der Waals surface area contributed by atoms with Crippen LogP contribution in [0.2, 0.25) is 0 Å². The van der Waals surface area contributed by atoms with E-state index in [1.54, 1.807) is 12.1 Å². The molecular weight excluding hydrogens is 490 g/mol. The fourth-order valence-corrected chi connectivity index (χ4v) is 7.29. The number of aromatic amines is 1. The van der Waals surface area contributed by atoms with Crippen LogP contribution in [-0.4, -0.2) is 74.3 Å². The number of hydrogen-bond acceptors (Lipinski definition) is 5. The highest BCUT2D eigenvalue weighted by atomic mass is 32.2. The first-order chi connectivity index (χ1) is 17.8. The number of nitrogens with one attached hydrogen (secondary N) is 3. The molecule has 0 saturated carbocycles. The topological polar surface area (TPSA) is 115 Å². The molecule has 6 rings (SSSR count). The predicted molar refractivity (Wildman–Crippen MR) is 142 cm³/mol. The molecule has 2 fully saturated rings. The number of rotatable bonds is 5. The molecule has 3 N–H and O–H groups in total. The average molecular weight is 524 g/mol. The summed E-state index contributed by atoms with van der Waals surface area (Å²) in [5.41, 5.74) is 5.85. The second-order valence-electron chi connectivity index (χ2n) is 10.5. The minimum atomic E-state index is -3.66. The maximum Gasteiger partial charge on any atom is 0.256 e. The molecule has 0 unspecified atom stereocenters. The van der Waals surface area contributed by atoms with Gasteiger partial charge in [0.1, 0.15) is 0 Å². The number of carbonyl (C=O) groups excluding carboxylic acids is 2. The molecule has 10 heteroatoms. The number of aromatic nitrogens is 1. The van der Waals surface area contributed by atoms with Crippen molar-refractivity contribution in [3.8, 4) is 0 Å². The van der Waals surface area contributed by atoms with Crippen LogP contribution in [-0.2, 0) is 21.2 Å². The molecule has 2 amide bonds. The lowest BCUT2D eigenvalue weighted by molar-refractivity contribution is -0.110. The van der Waals surface area contributed by atoms with Crippen molar-refractivity contribution in [2.75, 3.05) is 38.5 Å². The van der Waals surface area contributed by atoms with E-state index >= 15 is 0 Å². The fraction of sp³-hybridized carbons (Fsp3) is 0.481. The summed E-state index contributed by atoms with van der Waals surface area (Å²) in [5.74, 6) is -0.163. The van der Waals surface area contributed by atoms with Gasteiger partial charge in [0.15, 0.2) is 0 Å². The quantitative estimate of drug-likeness (QED) is 0.522. The largest absolute Gasteiger partial charge is 0.358 e. The monoisotopic (exact) mass is 523 g/mol. The zero-order valence-corrected chi connectivity index (χ0v) is 22.1. The molecule has 3 aliphatic heterocycles. The van der Waals surface area contributed by atoms with Gasteiger partial charge in [0.05, 0.1) is 16.0 Å². The number of sulfonamides is 1. The van der Waals surface area contributed by atoms with Crippen molar-refractivity contribution in [2.45, 2.75) is 56.4 Å². The number of likely N-dealkylation sites (tertiary alicyclic amines) is 2. The number of carbonyl (C=O) groups is 2. The van der Waals surface area contributed by atoms with Gasteiger partial charge in [-0.1, -0.05) is 0 Å². The molecule has 0 bridgehead atoms. The van der Waals surface area contributed by atoms with Crippen LogP contribution in [0.25, 0.3) is 11.1 Å². The predicted octanol–water partition coefficient (Wildman–Crippen LogP) is 2.74. The summed E-state index contributed by atoms with van der Waals surface area (Å²) in [6.07, 6.45) is 5.83. The second-order valence-corrected chi connectivity index (χ2v) is 12.4. The van der Waals surface area contributed by atoms with E-state index in [1.807, 2.05) is 6.92 Å². The summed E-state index contributed by atoms with van der Waals surface area (Å²) >= 11 is 0. The Labute approximate surface area is 217 Å². The zero-order valence-electron chi connectivity index (χ0n) is 21.3. The zero-order chi connectivity index (χ0) is 25.9. The lowest BCUT2D eigenvalue weighted by atomic mass is 9.99. The van der Waals surface area contributed by atoms with Gasteiger partial charge in [0.25, 0.3) is 11.8 Å². The lowest BCUT2D eigenvalue weighted by Gasteiger charge is -2.29. The summed E-state index contributed by atoms with van der Waals surface area (Å²) < 4.78 is 27.2. The van der Waals surface area contributed by atoms with Gasteiger partial charge in [0, 0.05) is 41.8 Å². The third-order valence-corrected chi connectivity index (χ3v) is 9.77. The average Bonchev–Trinajstić information content (AvgIpc) is 3.68. The van der Waals surface area contributed by atoms with Gasteiger partial charge in [-0.15, -0.1) is 0 Å². The summed E-state index contributed by atoms with van der Waals surface area (Å²) in [5, 5.41) is 2.88. The summed E-state index contributed by atoms with van der Waals surface area (Å²) in [6, 6.07) is 4.91. The number of benzene rings is 1. The third-order valence-electron chi connectivity index (χ3n) is 8.35. The Kier molecular flexibility index (Phi) is 6.00. The summed E-state index contributed by atoms with van der Waals surface area (Å²) in [7, 11) is -2.29. The fourth-order valence-electron chi connectivity index (χ4n) is 6.53. The van der Waals surface area contributed by atoms with E-state index in [-0.39, 0.29) is 22.8 Å². The molecule has 1 atom stereocenters. The number of allylic oxidation sites excluding steroid dienone is 1. The highest BCUT2D eigenvalue weighted by Crippen LogP contribution is 2.45. The van der Waals surface area contributed by atoms with Gasteiger partial charge >= 0.3 is 0 Å². The summed E-state index contributed by atoms with van der Waals surface area (Å²) in [4.78, 5) is 35.0. The van der Waals surface area contributed by atoms with Crippen LogP contribution in [0, 0.1) is 6.92 Å². The van der Waals surface area contributed by atoms with Crippen LogP contribution in [0.3, 0.4) is 0 Å². The van der Waals surface area contributed by atoms with E-state index in [0.717, 1.165) is 67.1 Å². The van der Waals surface area contributed by atoms with Crippen molar-refractivity contribution in [2.24, 2.45) is 0 Å². The van der Waals surface area contributed by atoms with Gasteiger partial charge < -0.3 is 20.1 Å². The molecule has 9 nitrogen and oxygen atoms in total. The Morgan fingerprint density at radius 3 is 2.68 bits per heavy atom. The van der Waals surface area contributed by atoms with Crippen molar-refractivity contribution in [3.05, 3.63) is 46.3 Å². The highest BCUT2D eigenvalue weighted by molar-refractivity contribution is 7.89. The van der Waals surface area contributed by atoms with Gasteiger partial charge in [-0.3, -0.25) is 9.59 Å². The van der Waals surface area contributed by atoms with Crippen LogP contribution < -0.4 is 10.0 Å². The number of hydrogen-bond donors (Lipinski definition) is 3. The van der Waals surface area contributed by atoms with Gasteiger partial charge in [-0.05, 0) is 94.9 Å². The van der Waals surface area contributed by atoms with Crippen molar-refractivity contribution >= 4 is 38.7 Å². The van der Waals surface area contributed by atoms with E-state index in [4.69, 9.17) is 0 Å². The Morgan fingerprint density at radius 1 is 1.14 bits per heavy atom. The first-order valence-electron chi connectivity index (χ1n) is 13.2. The molecule has 4 heterocycles. The molecule has 0 spiro atoms. The van der Waals surface area contributed by atoms with E-state index in [1.165, 1.54) is 26.0 Å². The molecule has 2 saturated heterocycles. The number of amides is 2. The molecule has 37 heavy (non-hydrogen) atoms. The van der Waals surface area contributed by atoms with Crippen molar-refractivity contribution in [1.82, 2.24) is 19.5 Å². The van der Waals surface area contributed by atoms with Crippen LogP contribution in [0.5, 0.6) is 0 Å². The van der Waals surface area contributed by atoms with Crippen LogP contribution >= 0.6 is 0 Å². The van der Waals surface area contributed by atoms with Crippen molar-refractivity contribution in [3.63, 3.8) is 0 Å². The Morgan fingerprint density at radius 2 is 1.92 bits per heavy atom. The van der Waals surface area contributed by atoms with Gasteiger partial charge in [0.2, 0.25) is 10.0 Å². The SMILES string of the molecule is CNS(=O)(=O)c1ccc2c(c1)/C(=C1\CCc3c1[nH]c(C)c3C(=O)N1CCC[C@H]1CN1CCCC1)C(=O)N2. The van der Waals surface area contributed by atoms with Crippen LogP contribution in [0.15, 0.2) is 23.1 Å². The number of nitrogens with zero attached hydrogens (tertiary/aromatic N) is 2. The molecular formula is C27H33N5O4S. The van der Waals surface area contributed by atoms with E-state index in [0.29, 0.717) is 29.7 Å². The van der Waals surface area contributed by atoms with Gasteiger partial charge in [-0.2, -0.15) is 0 Å². The van der Waals surface area contributed by atoms with Crippen molar-refractivity contribution in [1.29, 1.82) is 0 Å². The minimum Gasteiger partial charge on any atom is -0.358 e. The number of fused-ring (bicyclic) bond motifs is 2. The minimum absolute atomic E-state index is 0.0848. The Bertz CT molecular complexity index is 1430. The first-order valence-corrected chi connectivity index (χ1v) is 14.6. The Hall–Kier alpha value is -2.95. The lowest BCUT2D eigenvalue weighted by Crippen LogP contribution is -2.42. The maximum atomic E-state index is 13.9.